The predicted molar refractivity (Wildman–Crippen MR) is 460 cm³/mol. The highest BCUT2D eigenvalue weighted by atomic mass is 16.4. The molecule has 13 atom stereocenters. The Morgan fingerprint density at radius 3 is 1.07 bits per heavy atom. The average Bonchev–Trinajstić information content (AvgIpc) is 1.66. The number of amides is 13. The molecule has 0 saturated heterocycles. The number of primary amides is 1. The molecule has 0 unspecified atom stereocenters. The molecular formula is C86H117N19O20. The second-order valence-corrected chi connectivity index (χ2v) is 31.8. The van der Waals surface area contributed by atoms with Gasteiger partial charge in [-0.2, -0.15) is 0 Å². The Balaban J connectivity index is 1.09. The smallest absolute Gasteiger partial charge is 0.326 e. The number of hydrogen-bond donors (Lipinski definition) is 23. The van der Waals surface area contributed by atoms with E-state index in [4.69, 9.17) is 22.9 Å². The van der Waals surface area contributed by atoms with Crippen LogP contribution in [0.15, 0.2) is 122 Å². The summed E-state index contributed by atoms with van der Waals surface area (Å²) in [6, 6.07) is 8.97. The van der Waals surface area contributed by atoms with Crippen LogP contribution in [-0.2, 0) is 102 Å². The van der Waals surface area contributed by atoms with Crippen molar-refractivity contribution < 1.29 is 97.1 Å². The third kappa shape index (κ3) is 31.3. The molecule has 0 aliphatic heterocycles. The van der Waals surface area contributed by atoms with Gasteiger partial charge in [0.25, 0.3) is 0 Å². The van der Waals surface area contributed by atoms with Gasteiger partial charge in [0.05, 0.1) is 19.1 Å². The van der Waals surface area contributed by atoms with Gasteiger partial charge >= 0.3 is 17.9 Å². The largest absolute Gasteiger partial charge is 0.481 e. The minimum absolute atomic E-state index is 0.0339. The molecule has 676 valence electrons. The van der Waals surface area contributed by atoms with Gasteiger partial charge in [-0.25, -0.2) is 4.79 Å². The van der Waals surface area contributed by atoms with Crippen LogP contribution in [0.1, 0.15) is 140 Å². The SMILES string of the molecule is CC(C)C[C@H](NC(=O)[C@H](CO)NC(=O)[C@H](C)NC(=O)[C@H](Cc1c[nH]c2ccccc12)NC(=O)[C@H](CCCCN)NC(=O)[C@H](CC(=O)O)NC(=O)[C@H](CC(C)C)NC(=O)[C@H](CCCCN)NC(=O)[C@@H](N)CCC(N)=O)C(=O)N[C@@H](Cc1c[nH]c2ccccc12)C(=O)N[C@@H](CCC(=O)O)C(=O)N[C@@H](Cc1c[nH]c2ccccc12)C(=O)N[C@@H](Cc1ccccc1)C(=O)O. The van der Waals surface area contributed by atoms with E-state index in [2.05, 4.69) is 78.8 Å². The number of aliphatic hydroxyl groups excluding tert-OH is 1. The number of aromatic nitrogens is 3. The normalized spacial score (nSPS) is 14.5. The van der Waals surface area contributed by atoms with Crippen molar-refractivity contribution in [1.29, 1.82) is 0 Å². The number of aliphatic hydroxyl groups is 1. The quantitative estimate of drug-likeness (QED) is 0.0216. The third-order valence-corrected chi connectivity index (χ3v) is 20.8. The monoisotopic (exact) mass is 1740 g/mol. The Morgan fingerprint density at radius 1 is 0.344 bits per heavy atom. The number of rotatable bonds is 54. The molecule has 0 aliphatic carbocycles. The van der Waals surface area contributed by atoms with Crippen molar-refractivity contribution in [3.8, 4) is 0 Å². The molecule has 0 radical (unpaired) electrons. The van der Waals surface area contributed by atoms with Crippen molar-refractivity contribution >= 4 is 127 Å². The third-order valence-electron chi connectivity index (χ3n) is 20.8. The van der Waals surface area contributed by atoms with Gasteiger partial charge < -0.3 is 122 Å². The molecular weight excluding hydrogens is 1620 g/mol. The number of carbonyl (C=O) groups excluding carboxylic acids is 13. The first-order valence-corrected chi connectivity index (χ1v) is 41.6. The summed E-state index contributed by atoms with van der Waals surface area (Å²) in [5, 5.41) is 73.8. The number of carboxylic acid groups (broad SMARTS) is 3. The summed E-state index contributed by atoms with van der Waals surface area (Å²) in [5.41, 5.74) is 26.8. The van der Waals surface area contributed by atoms with E-state index < -0.39 is 205 Å². The van der Waals surface area contributed by atoms with Gasteiger partial charge in [0.15, 0.2) is 0 Å². The minimum atomic E-state index is -1.91. The van der Waals surface area contributed by atoms with Crippen molar-refractivity contribution in [3.05, 3.63) is 144 Å². The Labute approximate surface area is 720 Å². The molecule has 4 aromatic carbocycles. The van der Waals surface area contributed by atoms with Crippen LogP contribution >= 0.6 is 0 Å². The first-order valence-electron chi connectivity index (χ1n) is 41.6. The van der Waals surface area contributed by atoms with E-state index >= 15 is 4.79 Å². The lowest BCUT2D eigenvalue weighted by atomic mass is 9.99. The zero-order valence-electron chi connectivity index (χ0n) is 70.5. The van der Waals surface area contributed by atoms with Gasteiger partial charge in [0, 0.05) is 89.8 Å². The number of para-hydroxylation sites is 3. The first kappa shape index (κ1) is 99.0. The van der Waals surface area contributed by atoms with E-state index in [9.17, 15) is 92.3 Å². The van der Waals surface area contributed by atoms with Crippen molar-refractivity contribution in [2.24, 2.45) is 34.8 Å². The Kier molecular flexibility index (Phi) is 39.0. The summed E-state index contributed by atoms with van der Waals surface area (Å²) < 4.78 is 0. The molecule has 3 aromatic heterocycles. The molecule has 7 aromatic rings. The summed E-state index contributed by atoms with van der Waals surface area (Å²) in [4.78, 5) is 232. The molecule has 0 saturated carbocycles. The molecule has 3 heterocycles. The number of carbonyl (C=O) groups is 16. The van der Waals surface area contributed by atoms with E-state index in [-0.39, 0.29) is 89.6 Å². The number of nitrogens with two attached hydrogens (primary N) is 4. The fourth-order valence-corrected chi connectivity index (χ4v) is 14.1. The molecule has 125 heavy (non-hydrogen) atoms. The summed E-state index contributed by atoms with van der Waals surface area (Å²) in [5.74, 6) is -17.8. The summed E-state index contributed by atoms with van der Waals surface area (Å²) in [6.07, 6.45) is 2.03. The van der Waals surface area contributed by atoms with Crippen molar-refractivity contribution in [2.75, 3.05) is 19.7 Å². The highest BCUT2D eigenvalue weighted by molar-refractivity contribution is 6.01. The second kappa shape index (κ2) is 49.2. The number of aromatic amines is 3. The van der Waals surface area contributed by atoms with Crippen LogP contribution in [0.2, 0.25) is 0 Å². The number of unbranched alkanes of at least 4 members (excludes halogenated alkanes) is 2. The molecule has 39 heteroatoms. The van der Waals surface area contributed by atoms with E-state index in [1.165, 1.54) is 6.92 Å². The van der Waals surface area contributed by atoms with E-state index in [0.29, 0.717) is 74.2 Å². The minimum Gasteiger partial charge on any atom is -0.481 e. The van der Waals surface area contributed by atoms with E-state index in [1.807, 2.05) is 0 Å². The van der Waals surface area contributed by atoms with Gasteiger partial charge in [-0.15, -0.1) is 0 Å². The van der Waals surface area contributed by atoms with Crippen LogP contribution < -0.4 is 86.7 Å². The van der Waals surface area contributed by atoms with Gasteiger partial charge in [-0.1, -0.05) is 113 Å². The molecule has 7 rings (SSSR count). The lowest BCUT2D eigenvalue weighted by Gasteiger charge is -2.28. The number of benzene rings is 4. The van der Waals surface area contributed by atoms with E-state index in [0.717, 1.165) is 0 Å². The molecule has 0 aliphatic rings. The lowest BCUT2D eigenvalue weighted by Crippen LogP contribution is -2.61. The average molecular weight is 1740 g/mol. The van der Waals surface area contributed by atoms with Crippen LogP contribution in [0, 0.1) is 11.8 Å². The van der Waals surface area contributed by atoms with Gasteiger partial charge in [0.2, 0.25) is 76.8 Å². The number of H-pyrrole nitrogens is 3. The zero-order valence-corrected chi connectivity index (χ0v) is 70.5. The van der Waals surface area contributed by atoms with Gasteiger partial charge in [-0.05, 0) is 137 Å². The van der Waals surface area contributed by atoms with Crippen LogP contribution in [0.3, 0.4) is 0 Å². The molecule has 0 fully saturated rings. The van der Waals surface area contributed by atoms with Gasteiger partial charge in [-0.3, -0.25) is 71.9 Å². The molecule has 13 amide bonds. The number of fused-ring (bicyclic) bond motifs is 3. The maximum atomic E-state index is 15.1. The van der Waals surface area contributed by atoms with Crippen LogP contribution in [0.25, 0.3) is 32.7 Å². The molecule has 0 bridgehead atoms. The lowest BCUT2D eigenvalue weighted by molar-refractivity contribution is -0.142. The maximum Gasteiger partial charge on any atom is 0.326 e. The highest BCUT2D eigenvalue weighted by Crippen LogP contribution is 2.24. The predicted octanol–water partition coefficient (Wildman–Crippen LogP) is -0.402. The van der Waals surface area contributed by atoms with Crippen LogP contribution in [0.4, 0.5) is 0 Å². The molecule has 39 nitrogen and oxygen atoms in total. The highest BCUT2D eigenvalue weighted by Gasteiger charge is 2.39. The number of nitrogens with one attached hydrogen (secondary N) is 15. The summed E-state index contributed by atoms with van der Waals surface area (Å²) in [7, 11) is 0. The number of carboxylic acids is 3. The first-order chi connectivity index (χ1) is 59.6. The van der Waals surface area contributed by atoms with Crippen molar-refractivity contribution in [3.63, 3.8) is 0 Å². The molecule has 0 spiro atoms. The Morgan fingerprint density at radius 2 is 0.680 bits per heavy atom. The van der Waals surface area contributed by atoms with Gasteiger partial charge in [0.1, 0.15) is 72.5 Å². The van der Waals surface area contributed by atoms with Crippen LogP contribution in [0.5, 0.6) is 0 Å². The fraction of sp³-hybridized carbons (Fsp3) is 0.465. The number of aliphatic carboxylic acids is 3. The Bertz CT molecular complexity index is 4890. The fourth-order valence-electron chi connectivity index (χ4n) is 14.1. The van der Waals surface area contributed by atoms with Crippen molar-refractivity contribution in [1.82, 2.24) is 78.8 Å². The standard InChI is InChI=1S/C86H117N19O20/c1-46(2)35-63(98-76(114)60(27-15-17-33-87)95-75(113)56(89)29-31-71(90)107)81(119)103-68(41-73(110)111)84(122)96-61(28-16-18-34-88)77(115)100-65(38-50-42-91-57-24-12-9-21-53(50)57)79(117)94-48(5)74(112)105-70(45-106)85(123)99-64(36-47(3)4)80(118)102-66(39-51-43-92-58-25-13-10-22-54(51)58)82(120)97-62(30-32-72(108)109)78(116)101-67(40-52-44-93-59-26-14-11-23-55(52)59)83(121)104-69(86(124)125)37-49-19-7-6-8-20-49/h6-14,19-26,42-44,46-48,56,60-70,91-93,106H,15-18,27-41,45,87-89H2,1-5H3,(H2,90,107)(H,94,117)(H,95,113)(H,96,122)(H,97,120)(H,98,114)(H,99,123)(H,100,115)(H,101,116)(H,102,118)(H,103,119)(H,104,121)(H,105,112)(H,108,109)(H,110,111)(H,124,125)/t48-,56-,60-,61-,62-,63-,64-,65-,66-,67-,68-,69-,70-/m0/s1. The zero-order chi connectivity index (χ0) is 91.6. The second-order valence-electron chi connectivity index (χ2n) is 31.8. The van der Waals surface area contributed by atoms with Crippen LogP contribution in [-0.4, -0.2) is 228 Å². The maximum absolute atomic E-state index is 15.1. The van der Waals surface area contributed by atoms with Crippen molar-refractivity contribution in [2.45, 2.75) is 222 Å². The number of hydrogen-bond acceptors (Lipinski definition) is 20. The summed E-state index contributed by atoms with van der Waals surface area (Å²) in [6.45, 7) is 7.33. The van der Waals surface area contributed by atoms with E-state index in [1.54, 1.807) is 149 Å². The summed E-state index contributed by atoms with van der Waals surface area (Å²) >= 11 is 0. The topological polar surface area (TPSA) is 650 Å². The Hall–Kier alpha value is -13.1. The molecule has 27 N–H and O–H groups in total.